The number of urea groups is 1. The van der Waals surface area contributed by atoms with Crippen LogP contribution in [0.2, 0.25) is 5.02 Å². The van der Waals surface area contributed by atoms with Crippen molar-refractivity contribution in [2.24, 2.45) is 0 Å². The van der Waals surface area contributed by atoms with E-state index in [0.717, 1.165) is 11.4 Å². The predicted molar refractivity (Wildman–Crippen MR) is 91.4 cm³/mol. The van der Waals surface area contributed by atoms with Crippen molar-refractivity contribution < 1.29 is 9.90 Å². The molecule has 124 valence electrons. The lowest BCUT2D eigenvalue weighted by Crippen LogP contribution is -2.30. The molecule has 0 unspecified atom stereocenters. The predicted octanol–water partition coefficient (Wildman–Crippen LogP) is 3.15. The van der Waals surface area contributed by atoms with E-state index in [1.807, 2.05) is 26.0 Å². The summed E-state index contributed by atoms with van der Waals surface area (Å²) in [7, 11) is 0. The molecule has 2 rings (SSSR count). The van der Waals surface area contributed by atoms with Gasteiger partial charge in [-0.15, -0.1) is 0 Å². The fourth-order valence-electron chi connectivity index (χ4n) is 2.25. The molecule has 3 N–H and O–H groups in total. The Morgan fingerprint density at radius 3 is 2.65 bits per heavy atom. The number of carbonyl (C=O) groups excluding carboxylic acids is 1. The molecule has 0 saturated heterocycles. The summed E-state index contributed by atoms with van der Waals surface area (Å²) < 4.78 is 1.80. The third-order valence-corrected chi connectivity index (χ3v) is 3.55. The Balaban J connectivity index is 2.21. The van der Waals surface area contributed by atoms with Gasteiger partial charge in [-0.25, -0.2) is 9.48 Å². The number of rotatable bonds is 6. The normalized spacial score (nSPS) is 10.8. The van der Waals surface area contributed by atoms with Crippen LogP contribution in [0.1, 0.15) is 31.9 Å². The number of amides is 2. The maximum Gasteiger partial charge on any atom is 0.319 e. The maximum absolute atomic E-state index is 11.9. The monoisotopic (exact) mass is 336 g/mol. The van der Waals surface area contributed by atoms with Crippen LogP contribution in [0.15, 0.2) is 30.5 Å². The number of nitrogens with one attached hydrogen (secondary N) is 2. The highest BCUT2D eigenvalue weighted by atomic mass is 35.5. The van der Waals surface area contributed by atoms with Gasteiger partial charge in [0.2, 0.25) is 0 Å². The van der Waals surface area contributed by atoms with Crippen LogP contribution in [0.25, 0.3) is 5.69 Å². The van der Waals surface area contributed by atoms with Crippen LogP contribution >= 0.6 is 11.6 Å². The van der Waals surface area contributed by atoms with Gasteiger partial charge in [-0.2, -0.15) is 5.10 Å². The zero-order valence-electron chi connectivity index (χ0n) is 13.2. The zero-order chi connectivity index (χ0) is 16.8. The Kier molecular flexibility index (Phi) is 6.01. The van der Waals surface area contributed by atoms with Crippen molar-refractivity contribution in [1.82, 2.24) is 15.1 Å². The maximum atomic E-state index is 11.9. The molecular formula is C16H21ClN4O2. The van der Waals surface area contributed by atoms with Gasteiger partial charge < -0.3 is 15.7 Å². The molecule has 0 aliphatic heterocycles. The first kappa shape index (κ1) is 17.3. The van der Waals surface area contributed by atoms with Crippen molar-refractivity contribution >= 4 is 23.3 Å². The minimum absolute atomic E-state index is 0.0476. The van der Waals surface area contributed by atoms with Crippen molar-refractivity contribution in [1.29, 1.82) is 0 Å². The summed E-state index contributed by atoms with van der Waals surface area (Å²) >= 11 is 5.92. The average molecular weight is 337 g/mol. The van der Waals surface area contributed by atoms with Crippen LogP contribution in [0.4, 0.5) is 10.5 Å². The Hall–Kier alpha value is -2.05. The van der Waals surface area contributed by atoms with Crippen molar-refractivity contribution in [2.75, 3.05) is 18.5 Å². The molecule has 23 heavy (non-hydrogen) atoms. The van der Waals surface area contributed by atoms with Gasteiger partial charge in [0.05, 0.1) is 23.3 Å². The number of carbonyl (C=O) groups is 1. The summed E-state index contributed by atoms with van der Waals surface area (Å²) in [6, 6.07) is 7.06. The second kappa shape index (κ2) is 7.99. The summed E-state index contributed by atoms with van der Waals surface area (Å²) in [5.41, 5.74) is 2.45. The van der Waals surface area contributed by atoms with Crippen LogP contribution in [0.3, 0.4) is 0 Å². The first-order valence-electron chi connectivity index (χ1n) is 7.52. The van der Waals surface area contributed by atoms with Crippen LogP contribution < -0.4 is 10.6 Å². The molecule has 0 radical (unpaired) electrons. The number of anilines is 1. The van der Waals surface area contributed by atoms with Gasteiger partial charge in [0.25, 0.3) is 0 Å². The zero-order valence-corrected chi connectivity index (χ0v) is 14.0. The number of nitrogens with zero attached hydrogens (tertiary/aromatic N) is 2. The number of aromatic nitrogens is 2. The summed E-state index contributed by atoms with van der Waals surface area (Å²) in [5.74, 6) is 0.168. The molecule has 1 heterocycles. The van der Waals surface area contributed by atoms with Gasteiger partial charge in [-0.05, 0) is 36.6 Å². The largest absolute Gasteiger partial charge is 0.396 e. The van der Waals surface area contributed by atoms with Gasteiger partial charge in [-0.3, -0.25) is 0 Å². The average Bonchev–Trinajstić information content (AvgIpc) is 2.92. The third kappa shape index (κ3) is 4.46. The van der Waals surface area contributed by atoms with Crippen LogP contribution in [-0.2, 0) is 0 Å². The summed E-state index contributed by atoms with van der Waals surface area (Å²) in [6.07, 6.45) is 2.16. The summed E-state index contributed by atoms with van der Waals surface area (Å²) in [5, 5.41) is 19.3. The topological polar surface area (TPSA) is 79.2 Å². The van der Waals surface area contributed by atoms with E-state index in [-0.39, 0.29) is 18.6 Å². The molecule has 2 aromatic rings. The second-order valence-corrected chi connectivity index (χ2v) is 5.88. The van der Waals surface area contributed by atoms with Gasteiger partial charge in [0.15, 0.2) is 0 Å². The van der Waals surface area contributed by atoms with E-state index in [9.17, 15) is 4.79 Å². The third-order valence-electron chi connectivity index (χ3n) is 3.29. The fourth-order valence-corrected chi connectivity index (χ4v) is 2.37. The number of aliphatic hydroxyl groups is 1. The Bertz CT molecular complexity index is 653. The van der Waals surface area contributed by atoms with Gasteiger partial charge >= 0.3 is 6.03 Å². The molecule has 0 bridgehead atoms. The number of halogens is 1. The molecule has 2 amide bonds. The van der Waals surface area contributed by atoms with Crippen LogP contribution in [0, 0.1) is 0 Å². The Labute approximate surface area is 140 Å². The van der Waals surface area contributed by atoms with Crippen molar-refractivity contribution in [3.63, 3.8) is 0 Å². The van der Waals surface area contributed by atoms with Gasteiger partial charge in [-0.1, -0.05) is 25.4 Å². The minimum Gasteiger partial charge on any atom is -0.396 e. The fraction of sp³-hybridized carbons (Fsp3) is 0.375. The second-order valence-electron chi connectivity index (χ2n) is 5.44. The van der Waals surface area contributed by atoms with Crippen LogP contribution in [0.5, 0.6) is 0 Å². The van der Waals surface area contributed by atoms with E-state index in [4.69, 9.17) is 16.7 Å². The number of aliphatic hydroxyl groups excluding tert-OH is 1. The highest BCUT2D eigenvalue weighted by Crippen LogP contribution is 2.27. The van der Waals surface area contributed by atoms with E-state index in [0.29, 0.717) is 23.7 Å². The Morgan fingerprint density at radius 1 is 1.35 bits per heavy atom. The lowest BCUT2D eigenvalue weighted by molar-refractivity contribution is 0.249. The molecule has 0 aliphatic rings. The summed E-state index contributed by atoms with van der Waals surface area (Å²) in [6.45, 7) is 4.55. The molecule has 0 aliphatic carbocycles. The molecule has 7 heteroatoms. The first-order chi connectivity index (χ1) is 11.0. The quantitative estimate of drug-likeness (QED) is 0.709. The van der Waals surface area contributed by atoms with E-state index in [1.54, 1.807) is 23.0 Å². The SMILES string of the molecule is CC(C)c1c(NC(=O)NCCCO)cnn1-c1ccc(Cl)cc1. The number of hydrogen-bond acceptors (Lipinski definition) is 3. The molecule has 0 saturated carbocycles. The molecule has 1 aromatic heterocycles. The van der Waals surface area contributed by atoms with Crippen molar-refractivity contribution in [2.45, 2.75) is 26.2 Å². The molecule has 1 aromatic carbocycles. The number of hydrogen-bond donors (Lipinski definition) is 3. The molecule has 0 spiro atoms. The smallest absolute Gasteiger partial charge is 0.319 e. The Morgan fingerprint density at radius 2 is 2.04 bits per heavy atom. The molecule has 0 atom stereocenters. The lowest BCUT2D eigenvalue weighted by Gasteiger charge is -2.13. The number of benzene rings is 1. The van der Waals surface area contributed by atoms with E-state index in [2.05, 4.69) is 15.7 Å². The van der Waals surface area contributed by atoms with E-state index in [1.165, 1.54) is 0 Å². The van der Waals surface area contributed by atoms with Crippen molar-refractivity contribution in [3.05, 3.63) is 41.2 Å². The van der Waals surface area contributed by atoms with Gasteiger partial charge in [0, 0.05) is 18.2 Å². The van der Waals surface area contributed by atoms with Gasteiger partial charge in [0.1, 0.15) is 0 Å². The highest BCUT2D eigenvalue weighted by Gasteiger charge is 2.17. The first-order valence-corrected chi connectivity index (χ1v) is 7.90. The van der Waals surface area contributed by atoms with Crippen LogP contribution in [-0.4, -0.2) is 34.1 Å². The van der Waals surface area contributed by atoms with Crippen molar-refractivity contribution in [3.8, 4) is 5.69 Å². The minimum atomic E-state index is -0.309. The summed E-state index contributed by atoms with van der Waals surface area (Å²) in [4.78, 5) is 11.9. The molecule has 0 fully saturated rings. The lowest BCUT2D eigenvalue weighted by atomic mass is 10.1. The van der Waals surface area contributed by atoms with E-state index < -0.39 is 0 Å². The molecule has 6 nitrogen and oxygen atoms in total. The highest BCUT2D eigenvalue weighted by molar-refractivity contribution is 6.30. The standard InChI is InChI=1S/C16H21ClN4O2/c1-11(2)15-14(20-16(23)18-8-3-9-22)10-19-21(15)13-6-4-12(17)5-7-13/h4-7,10-11,22H,3,8-9H2,1-2H3,(H2,18,20,23). The van der Waals surface area contributed by atoms with E-state index >= 15 is 0 Å². The molecular weight excluding hydrogens is 316 g/mol.